The smallest absolute Gasteiger partial charge is 0.491 e. The summed E-state index contributed by atoms with van der Waals surface area (Å²) in [5, 5.41) is 2.24. The number of allylic oxidation sites excluding steroid dienone is 3. The molecule has 1 aliphatic heterocycles. The molecule has 0 bridgehead atoms. The molecule has 4 aromatic carbocycles. The quantitative estimate of drug-likeness (QED) is 0.0213. The maximum Gasteiger partial charge on any atom is 0.678 e. The van der Waals surface area contributed by atoms with Crippen LogP contribution in [0.25, 0.3) is 34.6 Å². The van der Waals surface area contributed by atoms with Crippen LogP contribution in [-0.4, -0.2) is 158 Å². The molecule has 0 radical (unpaired) electrons. The van der Waals surface area contributed by atoms with Gasteiger partial charge in [0, 0.05) is 45.4 Å². The molecule has 19 heteroatoms. The summed E-state index contributed by atoms with van der Waals surface area (Å²) in [5.74, 6) is 1.56. The highest BCUT2D eigenvalue weighted by molar-refractivity contribution is 14.1. The van der Waals surface area contributed by atoms with Crippen molar-refractivity contribution in [1.82, 2.24) is 4.48 Å². The van der Waals surface area contributed by atoms with Crippen LogP contribution in [-0.2, 0) is 42.6 Å². The molecule has 2 heterocycles. The fourth-order valence-corrected chi connectivity index (χ4v) is 9.26. The molecule has 1 aliphatic rings. The molecule has 1 aromatic heterocycles. The highest BCUT2D eigenvalue weighted by atomic mass is 127. The summed E-state index contributed by atoms with van der Waals surface area (Å²) >= 11 is 4.48. The largest absolute Gasteiger partial charge is 0.678 e. The van der Waals surface area contributed by atoms with E-state index in [1.54, 1.807) is 39.5 Å². The molecule has 77 heavy (non-hydrogen) atoms. The minimum absolute atomic E-state index is 0.229. The normalized spacial score (nSPS) is 13.4. The van der Waals surface area contributed by atoms with Crippen LogP contribution in [0, 0.1) is 10.5 Å². The SMILES string of the molecule is COCCOCCOCCOc1ccc(/C(=C2N=C(/C=C/c3cccc4ccccc34)C(I)=C/2C)c2c(C)c(I)c(/C=C/c3ccc(OCCOCCOCCOC)c(OCCOCCOCCOC)c3)n2B(F)F)cc1. The third-order valence-corrected chi connectivity index (χ3v) is 14.6. The van der Waals surface area contributed by atoms with E-state index >= 15 is 8.63 Å². The number of ether oxygens (including phenoxy) is 12. The van der Waals surface area contributed by atoms with Gasteiger partial charge in [-0.05, 0) is 134 Å². The number of methoxy groups -OCH3 is 3. The van der Waals surface area contributed by atoms with Crippen LogP contribution in [0.3, 0.4) is 0 Å². The Balaban J connectivity index is 1.31. The lowest BCUT2D eigenvalue weighted by molar-refractivity contribution is 0.0160. The Morgan fingerprint density at radius 1 is 0.558 bits per heavy atom. The predicted molar refractivity (Wildman–Crippen MR) is 317 cm³/mol. The van der Waals surface area contributed by atoms with E-state index in [2.05, 4.69) is 75.5 Å². The number of nitrogens with zero attached hydrogens (tertiary/aromatic N) is 2. The molecule has 14 nitrogen and oxygen atoms in total. The molecule has 0 unspecified atom stereocenters. The summed E-state index contributed by atoms with van der Waals surface area (Å²) in [6.45, 7) is 11.2. The second-order valence-corrected chi connectivity index (χ2v) is 19.3. The van der Waals surface area contributed by atoms with Crippen molar-refractivity contribution in [2.75, 3.05) is 140 Å². The van der Waals surface area contributed by atoms with E-state index in [4.69, 9.17) is 61.8 Å². The third kappa shape index (κ3) is 19.1. The zero-order valence-corrected chi connectivity index (χ0v) is 48.8. The first kappa shape index (κ1) is 61.7. The van der Waals surface area contributed by atoms with Gasteiger partial charge in [-0.1, -0.05) is 72.8 Å². The molecule has 0 aliphatic carbocycles. The van der Waals surface area contributed by atoms with Crippen LogP contribution in [0.5, 0.6) is 17.2 Å². The van der Waals surface area contributed by atoms with Gasteiger partial charge in [0.25, 0.3) is 0 Å². The lowest BCUT2D eigenvalue weighted by Crippen LogP contribution is -2.18. The molecule has 6 rings (SSSR count). The Hall–Kier alpha value is -4.53. The monoisotopic (exact) mass is 1290 g/mol. The summed E-state index contributed by atoms with van der Waals surface area (Å²) in [6, 6.07) is 27.4. The van der Waals surface area contributed by atoms with Crippen LogP contribution in [0.4, 0.5) is 8.63 Å². The van der Waals surface area contributed by atoms with Crippen molar-refractivity contribution in [3.05, 3.63) is 143 Å². The Morgan fingerprint density at radius 3 is 1.68 bits per heavy atom. The molecule has 0 saturated carbocycles. The molecular weight excluding hydrogens is 1220 g/mol. The van der Waals surface area contributed by atoms with Gasteiger partial charge in [0.05, 0.1) is 111 Å². The molecule has 0 atom stereocenters. The van der Waals surface area contributed by atoms with Crippen molar-refractivity contribution in [3.8, 4) is 17.2 Å². The minimum Gasteiger partial charge on any atom is -0.491 e. The number of hydrogen-bond acceptors (Lipinski definition) is 13. The minimum atomic E-state index is -2.92. The average molecular weight is 1290 g/mol. The Kier molecular flexibility index (Phi) is 27.6. The van der Waals surface area contributed by atoms with E-state index < -0.39 is 7.40 Å². The van der Waals surface area contributed by atoms with Gasteiger partial charge in [-0.25, -0.2) is 4.99 Å². The lowest BCUT2D eigenvalue weighted by Gasteiger charge is -2.17. The molecule has 0 amide bonds. The molecule has 414 valence electrons. The van der Waals surface area contributed by atoms with Gasteiger partial charge in [0.2, 0.25) is 0 Å². The highest BCUT2D eigenvalue weighted by Crippen LogP contribution is 2.43. The number of rotatable bonds is 37. The van der Waals surface area contributed by atoms with Crippen molar-refractivity contribution in [1.29, 1.82) is 0 Å². The summed E-state index contributed by atoms with van der Waals surface area (Å²) in [6.07, 6.45) is 7.57. The van der Waals surface area contributed by atoms with Crippen LogP contribution < -0.4 is 14.2 Å². The first-order valence-electron chi connectivity index (χ1n) is 25.5. The van der Waals surface area contributed by atoms with E-state index in [0.29, 0.717) is 166 Å². The van der Waals surface area contributed by atoms with E-state index in [1.807, 2.05) is 74.5 Å². The van der Waals surface area contributed by atoms with Gasteiger partial charge in [-0.2, -0.15) is 0 Å². The summed E-state index contributed by atoms with van der Waals surface area (Å²) in [4.78, 5) is 5.24. The first-order chi connectivity index (χ1) is 37.7. The molecule has 0 saturated heterocycles. The van der Waals surface area contributed by atoms with Gasteiger partial charge in [0.15, 0.2) is 11.5 Å². The number of fused-ring (bicyclic) bond motifs is 1. The van der Waals surface area contributed by atoms with Gasteiger partial charge >= 0.3 is 7.40 Å². The maximum absolute atomic E-state index is 16.0. The number of benzene rings is 4. The van der Waals surface area contributed by atoms with Gasteiger partial charge in [0.1, 0.15) is 25.6 Å². The second-order valence-electron chi connectivity index (χ2n) is 17.1. The maximum atomic E-state index is 16.0. The standard InChI is InChI=1S/C58H69BF2I2N2O12/c1-42-55(62)50(20-17-46-11-8-10-45-9-6-7-12-49(45)46)64-57(42)54(47-15-18-48(19-16-47)75-38-35-72-32-29-69-26-23-66-3)58-43(2)56(63)51(65(58)59(60)61)21-13-44-14-22-52(76-39-36-73-33-30-70-27-24-67-4)53(41-44)77-40-37-74-34-31-71-28-25-68-5/h6-22,41H,23-40H2,1-5H3/b20-17+,21-13+,57-54-. The van der Waals surface area contributed by atoms with Gasteiger partial charge in [-0.15, -0.1) is 0 Å². The average Bonchev–Trinajstić information content (AvgIpc) is 3.91. The van der Waals surface area contributed by atoms with Crippen LogP contribution >= 0.6 is 45.2 Å². The van der Waals surface area contributed by atoms with E-state index in [0.717, 1.165) is 35.7 Å². The molecule has 0 fully saturated rings. The van der Waals surface area contributed by atoms with Crippen molar-refractivity contribution in [2.24, 2.45) is 4.99 Å². The zero-order chi connectivity index (χ0) is 54.6. The predicted octanol–water partition coefficient (Wildman–Crippen LogP) is 11.3. The number of aromatic nitrogens is 1. The fraction of sp³-hybridized carbons (Fsp3) is 0.397. The zero-order valence-electron chi connectivity index (χ0n) is 44.5. The second kappa shape index (κ2) is 34.5. The highest BCUT2D eigenvalue weighted by Gasteiger charge is 2.33. The first-order valence-corrected chi connectivity index (χ1v) is 27.6. The van der Waals surface area contributed by atoms with Crippen molar-refractivity contribution in [2.45, 2.75) is 13.8 Å². The van der Waals surface area contributed by atoms with E-state index in [1.165, 1.54) is 0 Å². The topological polar surface area (TPSA) is 128 Å². The van der Waals surface area contributed by atoms with Gasteiger partial charge < -0.3 is 61.3 Å². The van der Waals surface area contributed by atoms with Crippen molar-refractivity contribution < 1.29 is 65.5 Å². The van der Waals surface area contributed by atoms with Gasteiger partial charge in [-0.3, -0.25) is 8.63 Å². The Bertz CT molecular complexity index is 2760. The molecular formula is C58H69BF2I2N2O12. The lowest BCUT2D eigenvalue weighted by atomic mass is 9.94. The fourth-order valence-electron chi connectivity index (χ4n) is 8.01. The van der Waals surface area contributed by atoms with Crippen molar-refractivity contribution in [3.63, 3.8) is 0 Å². The number of hydrogen-bond donors (Lipinski definition) is 0. The van der Waals surface area contributed by atoms with E-state index in [-0.39, 0.29) is 13.2 Å². The summed E-state index contributed by atoms with van der Waals surface area (Å²) in [7, 11) is 1.95. The Morgan fingerprint density at radius 2 is 1.09 bits per heavy atom. The van der Waals surface area contributed by atoms with Crippen LogP contribution in [0.1, 0.15) is 40.6 Å². The van der Waals surface area contributed by atoms with Crippen LogP contribution in [0.15, 0.2) is 111 Å². The summed E-state index contributed by atoms with van der Waals surface area (Å²) in [5.41, 5.74) is 6.55. The summed E-state index contributed by atoms with van der Waals surface area (Å²) < 4.78 is 102. The number of halogens is 4. The van der Waals surface area contributed by atoms with E-state index in [9.17, 15) is 0 Å². The van der Waals surface area contributed by atoms with Crippen molar-refractivity contribution >= 4 is 92.9 Å². The van der Waals surface area contributed by atoms with Crippen LogP contribution in [0.2, 0.25) is 0 Å². The molecule has 5 aromatic rings. The molecule has 0 N–H and O–H groups in total. The Labute approximate surface area is 479 Å². The third-order valence-electron chi connectivity index (χ3n) is 11.9. The molecule has 0 spiro atoms. The number of aliphatic imine (C=N–C) groups is 1.